The van der Waals surface area contributed by atoms with Crippen LogP contribution >= 0.6 is 0 Å². The molecule has 0 saturated heterocycles. The molecule has 204 valence electrons. The summed E-state index contributed by atoms with van der Waals surface area (Å²) in [7, 11) is 6.25. The smallest absolute Gasteiger partial charge is 0.255 e. The summed E-state index contributed by atoms with van der Waals surface area (Å²) in [5.74, 6) is -9.86. The largest absolute Gasteiger partial charge is 0.510 e. The quantitative estimate of drug-likeness (QED) is 0.218. The van der Waals surface area contributed by atoms with E-state index in [1.165, 1.54) is 23.9 Å². The minimum absolute atomic E-state index is 0.0645. The van der Waals surface area contributed by atoms with E-state index in [9.17, 15) is 44.0 Å². The number of aromatic hydroxyl groups is 1. The number of rotatable bonds is 5. The van der Waals surface area contributed by atoms with Crippen molar-refractivity contribution in [1.82, 2.24) is 9.80 Å². The van der Waals surface area contributed by atoms with E-state index in [-0.39, 0.29) is 30.5 Å². The number of anilines is 1. The minimum atomic E-state index is -2.77. The van der Waals surface area contributed by atoms with Crippen LogP contribution in [0.2, 0.25) is 0 Å². The Kier molecular flexibility index (Phi) is 6.58. The number of halogens is 1. The van der Waals surface area contributed by atoms with Crippen LogP contribution in [0.25, 0.3) is 0 Å². The van der Waals surface area contributed by atoms with Gasteiger partial charge in [-0.05, 0) is 58.6 Å². The van der Waals surface area contributed by atoms with Crippen molar-refractivity contribution in [2.45, 2.75) is 24.5 Å². The number of ketones is 2. The topological polar surface area (TPSA) is 194 Å². The van der Waals surface area contributed by atoms with Crippen LogP contribution in [0.5, 0.6) is 5.75 Å². The first-order valence-electron chi connectivity index (χ1n) is 11.8. The van der Waals surface area contributed by atoms with Gasteiger partial charge >= 0.3 is 0 Å². The normalized spacial score (nSPS) is 26.9. The number of phenols is 1. The van der Waals surface area contributed by atoms with Crippen LogP contribution in [0.3, 0.4) is 0 Å². The summed E-state index contributed by atoms with van der Waals surface area (Å²) in [6.07, 6.45) is -0.180. The van der Waals surface area contributed by atoms with E-state index >= 15 is 0 Å². The molecule has 4 rings (SSSR count). The van der Waals surface area contributed by atoms with Crippen LogP contribution in [-0.2, 0) is 20.8 Å². The first-order chi connectivity index (χ1) is 17.6. The zero-order valence-corrected chi connectivity index (χ0v) is 21.2. The molecule has 1 aromatic rings. The monoisotopic (exact) mass is 532 g/mol. The molecule has 3 aliphatic rings. The molecule has 7 N–H and O–H groups in total. The second-order valence-electron chi connectivity index (χ2n) is 10.4. The third-order valence-corrected chi connectivity index (χ3v) is 7.39. The predicted octanol–water partition coefficient (Wildman–Crippen LogP) is -0.240. The van der Waals surface area contributed by atoms with Gasteiger partial charge < -0.3 is 36.4 Å². The van der Waals surface area contributed by atoms with E-state index < -0.39 is 86.8 Å². The van der Waals surface area contributed by atoms with Gasteiger partial charge in [0, 0.05) is 11.5 Å². The number of benzene rings is 1. The van der Waals surface area contributed by atoms with Gasteiger partial charge in [-0.3, -0.25) is 24.1 Å². The number of aliphatic hydroxyl groups is 3. The number of nitrogens with one attached hydrogen (secondary N) is 1. The number of carbonyl (C=O) groups is 4. The molecule has 0 saturated carbocycles. The highest BCUT2D eigenvalue weighted by atomic mass is 19.1. The van der Waals surface area contributed by atoms with Crippen LogP contribution in [0.1, 0.15) is 22.3 Å². The lowest BCUT2D eigenvalue weighted by atomic mass is 9.58. The number of phenolic OH excluding ortho intramolecular Hbond substituents is 1. The molecule has 13 heteroatoms. The van der Waals surface area contributed by atoms with E-state index in [2.05, 4.69) is 5.32 Å². The second-order valence-corrected chi connectivity index (χ2v) is 10.4. The molecule has 1 aromatic carbocycles. The number of primary amides is 1. The fraction of sp³-hybridized carbons (Fsp3) is 0.440. The number of fused-ring (bicyclic) bond motifs is 3. The highest BCUT2D eigenvalue weighted by molar-refractivity contribution is 6.25. The summed E-state index contributed by atoms with van der Waals surface area (Å²) < 4.78 is 14.9. The summed E-state index contributed by atoms with van der Waals surface area (Å²) in [5, 5.41) is 46.6. The van der Waals surface area contributed by atoms with E-state index in [0.29, 0.717) is 0 Å². The molecule has 0 fully saturated rings. The molecule has 0 aromatic heterocycles. The van der Waals surface area contributed by atoms with E-state index in [1.807, 2.05) is 0 Å². The number of aliphatic hydroxyl groups excluding tert-OH is 2. The summed E-state index contributed by atoms with van der Waals surface area (Å²) >= 11 is 0. The molecule has 3 aliphatic carbocycles. The van der Waals surface area contributed by atoms with Crippen LogP contribution in [0.4, 0.5) is 10.1 Å². The van der Waals surface area contributed by atoms with Crippen molar-refractivity contribution in [3.63, 3.8) is 0 Å². The number of hydrogen-bond acceptors (Lipinski definition) is 10. The lowest BCUT2D eigenvalue weighted by molar-refractivity contribution is -0.148. The third-order valence-electron chi connectivity index (χ3n) is 7.39. The Hall–Kier alpha value is -3.81. The Morgan fingerprint density at radius 3 is 2.37 bits per heavy atom. The zero-order valence-electron chi connectivity index (χ0n) is 21.2. The van der Waals surface area contributed by atoms with Gasteiger partial charge in [0.05, 0.1) is 18.2 Å². The van der Waals surface area contributed by atoms with Crippen LogP contribution in [-0.4, -0.2) is 100.0 Å². The Balaban J connectivity index is 1.87. The highest BCUT2D eigenvalue weighted by Gasteiger charge is 2.63. The molecule has 0 bridgehead atoms. The number of amides is 2. The second kappa shape index (κ2) is 9.19. The van der Waals surface area contributed by atoms with Crippen molar-refractivity contribution in [2.24, 2.45) is 17.6 Å². The van der Waals surface area contributed by atoms with Crippen molar-refractivity contribution in [3.8, 4) is 5.75 Å². The number of allylic oxidation sites excluding steroid dienone is 1. The number of hydrogen-bond donors (Lipinski definition) is 6. The minimum Gasteiger partial charge on any atom is -0.510 e. The Labute approximate surface area is 216 Å². The van der Waals surface area contributed by atoms with Crippen molar-refractivity contribution in [2.75, 3.05) is 40.1 Å². The van der Waals surface area contributed by atoms with Crippen molar-refractivity contribution >= 4 is 29.1 Å². The number of carbonyl (C=O) groups excluding carboxylic acids is 4. The molecule has 4 atom stereocenters. The molecule has 0 radical (unpaired) electrons. The standard InChI is InChI=1S/C25H29FN4O8/c1-29(2)8-13(31)28-17-12(26)7-10-5-9-6-11-18(30(3)4)21(34)16(24(27)37)23(36)25(11,38)22(35)15(9)19(32)14(10)20(17)33/h7,9,11,18,33-35,38H,5-6,8H2,1-4H3,(H2,27,37)(H,28,31)/t9?,11?,18-,25?/m0/s1. The summed E-state index contributed by atoms with van der Waals surface area (Å²) in [6.45, 7) is -0.135. The molecule has 12 nitrogen and oxygen atoms in total. The number of nitrogens with two attached hydrogens (primary N) is 1. The van der Waals surface area contributed by atoms with Crippen LogP contribution < -0.4 is 11.1 Å². The SMILES string of the molecule is CN(C)CC(=O)Nc1c(F)cc2c(c1O)C(=O)C1=C(O)C3(O)C(=O)C(C(N)=O)=C(O)[C@@H](N(C)C)C3CC1C2. The maximum absolute atomic E-state index is 14.9. The van der Waals surface area contributed by atoms with Crippen LogP contribution in [0, 0.1) is 17.7 Å². The fourth-order valence-corrected chi connectivity index (χ4v) is 5.86. The van der Waals surface area contributed by atoms with Gasteiger partial charge in [0.15, 0.2) is 23.0 Å². The summed E-state index contributed by atoms with van der Waals surface area (Å²) in [4.78, 5) is 54.1. The molecule has 0 heterocycles. The van der Waals surface area contributed by atoms with Crippen molar-refractivity contribution < 1.29 is 44.0 Å². The van der Waals surface area contributed by atoms with E-state index in [0.717, 1.165) is 6.07 Å². The van der Waals surface area contributed by atoms with Gasteiger partial charge in [-0.15, -0.1) is 0 Å². The predicted molar refractivity (Wildman–Crippen MR) is 131 cm³/mol. The Morgan fingerprint density at radius 2 is 1.82 bits per heavy atom. The average Bonchev–Trinajstić information content (AvgIpc) is 2.78. The van der Waals surface area contributed by atoms with Crippen molar-refractivity contribution in [1.29, 1.82) is 0 Å². The zero-order chi connectivity index (χ0) is 28.4. The lowest BCUT2D eigenvalue weighted by Crippen LogP contribution is -2.63. The van der Waals surface area contributed by atoms with E-state index in [4.69, 9.17) is 5.73 Å². The van der Waals surface area contributed by atoms with Gasteiger partial charge in [-0.25, -0.2) is 4.39 Å². The van der Waals surface area contributed by atoms with E-state index in [1.54, 1.807) is 14.1 Å². The van der Waals surface area contributed by atoms with Gasteiger partial charge in [0.2, 0.25) is 11.7 Å². The molecule has 3 unspecified atom stereocenters. The Morgan fingerprint density at radius 1 is 1.18 bits per heavy atom. The maximum atomic E-state index is 14.9. The third kappa shape index (κ3) is 3.85. The lowest BCUT2D eigenvalue weighted by Gasteiger charge is -2.50. The summed E-state index contributed by atoms with van der Waals surface area (Å²) in [6, 6.07) is -0.120. The molecule has 2 amide bonds. The number of nitrogens with zero attached hydrogens (tertiary/aromatic N) is 2. The van der Waals surface area contributed by atoms with Crippen molar-refractivity contribution in [3.05, 3.63) is 45.7 Å². The molecule has 0 spiro atoms. The average molecular weight is 533 g/mol. The first kappa shape index (κ1) is 27.2. The summed E-state index contributed by atoms with van der Waals surface area (Å²) in [5.41, 5.74) is 0.321. The number of Topliss-reactive ketones (excluding diaryl/α,β-unsaturated/α-hetero) is 2. The van der Waals surface area contributed by atoms with Gasteiger partial charge in [0.1, 0.15) is 22.8 Å². The maximum Gasteiger partial charge on any atom is 0.255 e. The molecular formula is C25H29FN4O8. The highest BCUT2D eigenvalue weighted by Crippen LogP contribution is 2.52. The molecule has 38 heavy (non-hydrogen) atoms. The fourth-order valence-electron chi connectivity index (χ4n) is 5.86. The van der Waals surface area contributed by atoms with Crippen LogP contribution in [0.15, 0.2) is 28.7 Å². The number of likely N-dealkylation sites (N-methyl/N-ethyl adjacent to an activating group) is 2. The Bertz CT molecular complexity index is 1350. The van der Waals surface area contributed by atoms with Gasteiger partial charge in [-0.1, -0.05) is 0 Å². The first-order valence-corrected chi connectivity index (χ1v) is 11.8. The van der Waals surface area contributed by atoms with Gasteiger partial charge in [-0.2, -0.15) is 0 Å². The molecule has 0 aliphatic heterocycles. The molecular weight excluding hydrogens is 503 g/mol. The van der Waals surface area contributed by atoms with Gasteiger partial charge in [0.25, 0.3) is 5.91 Å².